The third kappa shape index (κ3) is 4.66. The molecule has 5 heteroatoms. The third-order valence-corrected chi connectivity index (χ3v) is 5.48. The number of hydrogen-bond acceptors (Lipinski definition) is 5. The molecule has 0 amide bonds. The Labute approximate surface area is 167 Å². The maximum atomic E-state index is 5.89. The van der Waals surface area contributed by atoms with Crippen molar-refractivity contribution in [1.82, 2.24) is 10.2 Å². The molecule has 2 aromatic rings. The van der Waals surface area contributed by atoms with Crippen LogP contribution in [0.3, 0.4) is 0 Å². The maximum absolute atomic E-state index is 5.89. The molecule has 2 aliphatic heterocycles. The number of methoxy groups -OCH3 is 1. The standard InChI is InChI=1S/C23H30N2O3/c1-17-11-20-12-22(26-2)21(13-23(20)28-17)15-24-14-18-3-5-19(6-4-18)16-25-7-9-27-10-8-25/h3-6,12-13,17,24H,7-11,14-16H2,1-2H3/t17-/m1/s1. The topological polar surface area (TPSA) is 43.0 Å². The van der Waals surface area contributed by atoms with E-state index in [2.05, 4.69) is 53.5 Å². The van der Waals surface area contributed by atoms with Crippen molar-refractivity contribution in [2.45, 2.75) is 39.1 Å². The van der Waals surface area contributed by atoms with Crippen LogP contribution in [0.15, 0.2) is 36.4 Å². The summed E-state index contributed by atoms with van der Waals surface area (Å²) < 4.78 is 16.9. The molecular formula is C23H30N2O3. The number of morpholine rings is 1. The van der Waals surface area contributed by atoms with Crippen LogP contribution in [-0.4, -0.2) is 44.4 Å². The van der Waals surface area contributed by atoms with Gasteiger partial charge in [0.25, 0.3) is 0 Å². The molecule has 0 aromatic heterocycles. The van der Waals surface area contributed by atoms with Crippen molar-refractivity contribution < 1.29 is 14.2 Å². The van der Waals surface area contributed by atoms with Crippen molar-refractivity contribution in [3.8, 4) is 11.5 Å². The van der Waals surface area contributed by atoms with Crippen LogP contribution in [-0.2, 0) is 30.8 Å². The first-order valence-electron chi connectivity index (χ1n) is 10.2. The fourth-order valence-corrected chi connectivity index (χ4v) is 3.93. The Kier molecular flexibility index (Phi) is 6.15. The second-order valence-electron chi connectivity index (χ2n) is 7.71. The van der Waals surface area contributed by atoms with E-state index in [9.17, 15) is 0 Å². The van der Waals surface area contributed by atoms with E-state index in [4.69, 9.17) is 14.2 Å². The van der Waals surface area contributed by atoms with Crippen LogP contribution in [0, 0.1) is 0 Å². The van der Waals surface area contributed by atoms with Gasteiger partial charge in [-0.05, 0) is 30.2 Å². The fraction of sp³-hybridized carbons (Fsp3) is 0.478. The Bertz CT molecular complexity index is 785. The zero-order valence-corrected chi connectivity index (χ0v) is 16.9. The Morgan fingerprint density at radius 1 is 1.07 bits per heavy atom. The van der Waals surface area contributed by atoms with Crippen molar-refractivity contribution in [3.05, 3.63) is 58.7 Å². The predicted molar refractivity (Wildman–Crippen MR) is 110 cm³/mol. The molecule has 0 bridgehead atoms. The van der Waals surface area contributed by atoms with Crippen molar-refractivity contribution in [1.29, 1.82) is 0 Å². The van der Waals surface area contributed by atoms with Gasteiger partial charge in [0.05, 0.1) is 20.3 Å². The van der Waals surface area contributed by atoms with Gasteiger partial charge in [-0.25, -0.2) is 0 Å². The fourth-order valence-electron chi connectivity index (χ4n) is 3.93. The molecule has 1 fully saturated rings. The highest BCUT2D eigenvalue weighted by atomic mass is 16.5. The lowest BCUT2D eigenvalue weighted by atomic mass is 10.1. The molecule has 2 aromatic carbocycles. The van der Waals surface area contributed by atoms with Crippen LogP contribution in [0.4, 0.5) is 0 Å². The van der Waals surface area contributed by atoms with Crippen molar-refractivity contribution in [2.75, 3.05) is 33.4 Å². The maximum Gasteiger partial charge on any atom is 0.123 e. The molecule has 0 aliphatic carbocycles. The number of fused-ring (bicyclic) bond motifs is 1. The van der Waals surface area contributed by atoms with Crippen LogP contribution in [0.25, 0.3) is 0 Å². The van der Waals surface area contributed by atoms with Gasteiger partial charge >= 0.3 is 0 Å². The monoisotopic (exact) mass is 382 g/mol. The van der Waals surface area contributed by atoms with Crippen LogP contribution in [0.2, 0.25) is 0 Å². The zero-order valence-electron chi connectivity index (χ0n) is 16.9. The summed E-state index contributed by atoms with van der Waals surface area (Å²) >= 11 is 0. The molecule has 150 valence electrons. The number of hydrogen-bond donors (Lipinski definition) is 1. The molecule has 4 rings (SSSR count). The van der Waals surface area contributed by atoms with Crippen LogP contribution in [0.1, 0.15) is 29.2 Å². The SMILES string of the molecule is COc1cc2c(cc1CNCc1ccc(CN3CCOCC3)cc1)O[C@H](C)C2. The van der Waals surface area contributed by atoms with Crippen molar-refractivity contribution in [2.24, 2.45) is 0 Å². The highest BCUT2D eigenvalue weighted by Crippen LogP contribution is 2.34. The molecule has 1 atom stereocenters. The number of nitrogens with zero attached hydrogens (tertiary/aromatic N) is 1. The molecule has 0 spiro atoms. The summed E-state index contributed by atoms with van der Waals surface area (Å²) in [6.45, 7) is 8.42. The van der Waals surface area contributed by atoms with Gasteiger partial charge in [-0.1, -0.05) is 24.3 Å². The van der Waals surface area contributed by atoms with Crippen LogP contribution < -0.4 is 14.8 Å². The van der Waals surface area contributed by atoms with Gasteiger partial charge in [0, 0.05) is 50.3 Å². The quantitative estimate of drug-likeness (QED) is 0.797. The number of rotatable bonds is 7. The van der Waals surface area contributed by atoms with E-state index >= 15 is 0 Å². The van der Waals surface area contributed by atoms with E-state index in [-0.39, 0.29) is 6.10 Å². The number of nitrogens with one attached hydrogen (secondary N) is 1. The number of ether oxygens (including phenoxy) is 3. The minimum atomic E-state index is 0.249. The summed E-state index contributed by atoms with van der Waals surface area (Å²) in [5.74, 6) is 1.93. The molecule has 1 N–H and O–H groups in total. The first kappa shape index (κ1) is 19.2. The van der Waals surface area contributed by atoms with Crippen LogP contribution in [0.5, 0.6) is 11.5 Å². The highest BCUT2D eigenvalue weighted by Gasteiger charge is 2.21. The van der Waals surface area contributed by atoms with E-state index in [1.807, 2.05) is 0 Å². The van der Waals surface area contributed by atoms with E-state index in [0.29, 0.717) is 0 Å². The second-order valence-corrected chi connectivity index (χ2v) is 7.71. The van der Waals surface area contributed by atoms with E-state index < -0.39 is 0 Å². The van der Waals surface area contributed by atoms with E-state index in [0.717, 1.165) is 69.4 Å². The van der Waals surface area contributed by atoms with Crippen molar-refractivity contribution in [3.63, 3.8) is 0 Å². The lowest BCUT2D eigenvalue weighted by Crippen LogP contribution is -2.35. The minimum absolute atomic E-state index is 0.249. The molecule has 1 saturated heterocycles. The average Bonchev–Trinajstić information content (AvgIpc) is 3.08. The summed E-state index contributed by atoms with van der Waals surface area (Å²) in [6.07, 6.45) is 1.20. The Balaban J connectivity index is 1.31. The van der Waals surface area contributed by atoms with Gasteiger partial charge in [-0.3, -0.25) is 4.90 Å². The summed E-state index contributed by atoms with van der Waals surface area (Å²) in [7, 11) is 1.73. The molecule has 2 aliphatic rings. The van der Waals surface area contributed by atoms with Gasteiger partial charge in [0.15, 0.2) is 0 Å². The first-order chi connectivity index (χ1) is 13.7. The van der Waals surface area contributed by atoms with E-state index in [1.54, 1.807) is 7.11 Å². The Hall–Kier alpha value is -2.08. The molecule has 2 heterocycles. The van der Waals surface area contributed by atoms with Crippen molar-refractivity contribution >= 4 is 0 Å². The molecule has 0 saturated carbocycles. The second kappa shape index (κ2) is 8.95. The Morgan fingerprint density at radius 2 is 1.82 bits per heavy atom. The summed E-state index contributed by atoms with van der Waals surface area (Å²) in [5, 5.41) is 3.53. The summed E-state index contributed by atoms with van der Waals surface area (Å²) in [6, 6.07) is 13.1. The third-order valence-electron chi connectivity index (χ3n) is 5.48. The average molecular weight is 383 g/mol. The molecule has 0 radical (unpaired) electrons. The first-order valence-corrected chi connectivity index (χ1v) is 10.2. The zero-order chi connectivity index (χ0) is 19.3. The smallest absolute Gasteiger partial charge is 0.123 e. The lowest BCUT2D eigenvalue weighted by Gasteiger charge is -2.26. The van der Waals surface area contributed by atoms with Gasteiger partial charge in [0.2, 0.25) is 0 Å². The minimum Gasteiger partial charge on any atom is -0.496 e. The summed E-state index contributed by atoms with van der Waals surface area (Å²) in [4.78, 5) is 2.44. The van der Waals surface area contributed by atoms with Gasteiger partial charge < -0.3 is 19.5 Å². The lowest BCUT2D eigenvalue weighted by molar-refractivity contribution is 0.0342. The predicted octanol–water partition coefficient (Wildman–Crippen LogP) is 3.14. The van der Waals surface area contributed by atoms with Gasteiger partial charge in [0.1, 0.15) is 17.6 Å². The molecule has 28 heavy (non-hydrogen) atoms. The normalized spacial score (nSPS) is 19.3. The number of benzene rings is 2. The van der Waals surface area contributed by atoms with Crippen LogP contribution >= 0.6 is 0 Å². The largest absolute Gasteiger partial charge is 0.496 e. The summed E-state index contributed by atoms with van der Waals surface area (Å²) in [5.41, 5.74) is 5.02. The van der Waals surface area contributed by atoms with Gasteiger partial charge in [-0.2, -0.15) is 0 Å². The van der Waals surface area contributed by atoms with E-state index in [1.165, 1.54) is 16.7 Å². The highest BCUT2D eigenvalue weighted by molar-refractivity contribution is 5.48. The molecular weight excluding hydrogens is 352 g/mol. The molecule has 0 unspecified atom stereocenters. The molecule has 5 nitrogen and oxygen atoms in total. The Morgan fingerprint density at radius 3 is 2.57 bits per heavy atom. The van der Waals surface area contributed by atoms with Gasteiger partial charge in [-0.15, -0.1) is 0 Å².